The molecule has 0 aromatic heterocycles. The van der Waals surface area contributed by atoms with Gasteiger partial charge < -0.3 is 0 Å². The van der Waals surface area contributed by atoms with Gasteiger partial charge in [-0.15, -0.1) is 46.2 Å². The molecular weight excluding hydrogens is 476 g/mol. The number of fused-ring (bicyclic) bond motifs is 3. The Morgan fingerprint density at radius 2 is 1.12 bits per heavy atom. The summed E-state index contributed by atoms with van der Waals surface area (Å²) in [6, 6.07) is 40.4. The van der Waals surface area contributed by atoms with E-state index in [1.807, 2.05) is 0 Å². The van der Waals surface area contributed by atoms with Crippen molar-refractivity contribution in [1.82, 2.24) is 0 Å². The molecule has 0 atom stereocenters. The Balaban J connectivity index is 0.000000127. The minimum Gasteiger partial charge on any atom is -0.126 e. The molecule has 33 heavy (non-hydrogen) atoms. The number of hydrogen-bond donors (Lipinski definition) is 0. The van der Waals surface area contributed by atoms with Crippen molar-refractivity contribution in [2.24, 2.45) is 0 Å². The van der Waals surface area contributed by atoms with Crippen LogP contribution in [0.5, 0.6) is 0 Å². The summed E-state index contributed by atoms with van der Waals surface area (Å²) < 4.78 is 1.42. The van der Waals surface area contributed by atoms with Gasteiger partial charge in [-0.2, -0.15) is 6.08 Å². The van der Waals surface area contributed by atoms with E-state index in [0.717, 1.165) is 6.42 Å². The minimum atomic E-state index is 1.02. The molecule has 0 unspecified atom stereocenters. The molecule has 0 heterocycles. The van der Waals surface area contributed by atoms with Crippen molar-refractivity contribution in [3.63, 3.8) is 0 Å². The second-order valence-electron chi connectivity index (χ2n) is 7.89. The molecule has 5 aromatic carbocycles. The van der Waals surface area contributed by atoms with Crippen molar-refractivity contribution in [2.75, 3.05) is 0 Å². The fourth-order valence-electron chi connectivity index (χ4n) is 3.79. The summed E-state index contributed by atoms with van der Waals surface area (Å²) in [7, 11) is 0. The monoisotopic (exact) mass is 500 g/mol. The molecule has 158 valence electrons. The first-order valence-corrected chi connectivity index (χ1v) is 12.4. The summed E-state index contributed by atoms with van der Waals surface area (Å²) in [4.78, 5) is 0. The Labute approximate surface area is 211 Å². The predicted molar refractivity (Wildman–Crippen MR) is 139 cm³/mol. The van der Waals surface area contributed by atoms with Crippen LogP contribution in [0.2, 0.25) is 0 Å². The average molecular weight is 502 g/mol. The van der Waals surface area contributed by atoms with E-state index in [0.29, 0.717) is 0 Å². The van der Waals surface area contributed by atoms with E-state index in [4.69, 9.17) is 0 Å². The first kappa shape index (κ1) is 23.2. The molecule has 0 saturated carbocycles. The maximum absolute atomic E-state index is 3.12. The van der Waals surface area contributed by atoms with Gasteiger partial charge >= 0.3 is 99.2 Å². The standard InChI is InChI=1S/C13H9.C13H10.C6H7.Zr/c1-3-7-12-10(5-1)9-11-6-2-4-8-13(11)12;1-3-7-12(8-4-1)11-13-9-5-2-6-10-13;1-6-4-2-3-5-6;/h1-9H;1-10H;2,4H,3H2,1H3;/q-1;;-1;+2. The summed E-state index contributed by atoms with van der Waals surface area (Å²) in [5.74, 6) is 0. The summed E-state index contributed by atoms with van der Waals surface area (Å²) >= 11 is 1.46. The molecule has 0 fully saturated rings. The quantitative estimate of drug-likeness (QED) is 0.214. The fourth-order valence-corrected chi connectivity index (χ4v) is 4.61. The maximum atomic E-state index is 3.12. The molecule has 1 heteroatoms. The van der Waals surface area contributed by atoms with Crippen LogP contribution in [0.1, 0.15) is 24.5 Å². The molecular formula is C32H26Zr. The van der Waals surface area contributed by atoms with E-state index in [2.05, 4.69) is 140 Å². The predicted octanol–water partition coefficient (Wildman–Crippen LogP) is 8.21. The van der Waals surface area contributed by atoms with E-state index < -0.39 is 0 Å². The Bertz CT molecular complexity index is 1290. The molecule has 0 aliphatic heterocycles. The molecule has 1 aliphatic carbocycles. The van der Waals surface area contributed by atoms with Crippen LogP contribution >= 0.6 is 0 Å². The van der Waals surface area contributed by atoms with Gasteiger partial charge in [-0.25, -0.2) is 11.6 Å². The smallest absolute Gasteiger partial charge is 0.0771 e. The van der Waals surface area contributed by atoms with Crippen LogP contribution in [0.25, 0.3) is 21.5 Å². The van der Waals surface area contributed by atoms with Crippen molar-refractivity contribution in [2.45, 2.75) is 13.3 Å². The topological polar surface area (TPSA) is 0 Å². The molecule has 0 radical (unpaired) electrons. The normalized spacial score (nSPS) is 11.9. The number of hydrogen-bond acceptors (Lipinski definition) is 0. The molecule has 0 amide bonds. The Kier molecular flexibility index (Phi) is 8.23. The average Bonchev–Trinajstić information content (AvgIpc) is 3.52. The van der Waals surface area contributed by atoms with Crippen molar-refractivity contribution in [3.8, 4) is 0 Å². The van der Waals surface area contributed by atoms with Crippen LogP contribution in [0.4, 0.5) is 0 Å². The number of benzene rings is 4. The van der Waals surface area contributed by atoms with Crippen LogP contribution in [0, 0.1) is 6.08 Å². The minimum absolute atomic E-state index is 1.02. The zero-order valence-electron chi connectivity index (χ0n) is 18.8. The van der Waals surface area contributed by atoms with E-state index >= 15 is 0 Å². The van der Waals surface area contributed by atoms with Gasteiger partial charge in [0.2, 0.25) is 0 Å². The van der Waals surface area contributed by atoms with Gasteiger partial charge in [-0.05, 0) is 0 Å². The Hall–Kier alpha value is -3.02. The van der Waals surface area contributed by atoms with E-state index in [9.17, 15) is 0 Å². The maximum Gasteiger partial charge on any atom is -0.0771 e. The largest absolute Gasteiger partial charge is 0.126 e. The van der Waals surface area contributed by atoms with Gasteiger partial charge in [-0.1, -0.05) is 43.3 Å². The van der Waals surface area contributed by atoms with E-state index in [-0.39, 0.29) is 0 Å². The Morgan fingerprint density at radius 3 is 1.52 bits per heavy atom. The molecule has 5 aromatic rings. The number of rotatable bonds is 2. The fraction of sp³-hybridized carbons (Fsp3) is 0.0625. The van der Waals surface area contributed by atoms with Crippen molar-refractivity contribution < 1.29 is 24.2 Å². The first-order valence-electron chi connectivity index (χ1n) is 11.2. The second kappa shape index (κ2) is 11.7. The second-order valence-corrected chi connectivity index (χ2v) is 9.12. The third-order valence-corrected chi connectivity index (χ3v) is 6.93. The zero-order valence-corrected chi connectivity index (χ0v) is 21.3. The molecule has 0 bridgehead atoms. The third kappa shape index (κ3) is 6.28. The molecule has 0 spiro atoms. The van der Waals surface area contributed by atoms with Gasteiger partial charge in [0.25, 0.3) is 0 Å². The SMILES string of the molecule is CC1=[C-]CC=C1.[Zr+2]=[C](c1ccccc1)c1ccccc1.c1ccc2c(c1)[cH-]c1ccccc12. The number of allylic oxidation sites excluding steroid dienone is 4. The van der Waals surface area contributed by atoms with Crippen LogP contribution < -0.4 is 0 Å². The van der Waals surface area contributed by atoms with Crippen molar-refractivity contribution >= 4 is 24.8 Å². The third-order valence-electron chi connectivity index (χ3n) is 5.51. The van der Waals surface area contributed by atoms with Gasteiger partial charge in [-0.3, -0.25) is 6.08 Å². The summed E-state index contributed by atoms with van der Waals surface area (Å²) in [6.07, 6.45) is 8.33. The zero-order chi connectivity index (χ0) is 22.9. The van der Waals surface area contributed by atoms with Crippen LogP contribution in [-0.4, -0.2) is 3.21 Å². The molecule has 0 nitrogen and oxygen atoms in total. The molecule has 0 N–H and O–H groups in total. The van der Waals surface area contributed by atoms with Crippen LogP contribution in [0.15, 0.2) is 133 Å². The summed E-state index contributed by atoms with van der Waals surface area (Å²) in [6.45, 7) is 2.06. The van der Waals surface area contributed by atoms with Crippen LogP contribution in [-0.2, 0) is 24.2 Å². The van der Waals surface area contributed by atoms with Crippen molar-refractivity contribution in [3.05, 3.63) is 150 Å². The van der Waals surface area contributed by atoms with Crippen molar-refractivity contribution in [1.29, 1.82) is 0 Å². The van der Waals surface area contributed by atoms with Gasteiger partial charge in [0.1, 0.15) is 0 Å². The summed E-state index contributed by atoms with van der Waals surface area (Å²) in [5.41, 5.74) is 3.93. The van der Waals surface area contributed by atoms with Gasteiger partial charge in [0.05, 0.1) is 0 Å². The molecule has 1 aliphatic rings. The van der Waals surface area contributed by atoms with E-state index in [1.54, 1.807) is 0 Å². The van der Waals surface area contributed by atoms with E-state index in [1.165, 1.54) is 65.7 Å². The first-order chi connectivity index (χ1) is 16.2. The van der Waals surface area contributed by atoms with Gasteiger partial charge in [0.15, 0.2) is 0 Å². The van der Waals surface area contributed by atoms with Crippen LogP contribution in [0.3, 0.4) is 0 Å². The molecule has 6 rings (SSSR count). The van der Waals surface area contributed by atoms with Gasteiger partial charge in [0, 0.05) is 0 Å². The Morgan fingerprint density at radius 1 is 0.667 bits per heavy atom. The summed E-state index contributed by atoms with van der Waals surface area (Å²) in [5, 5.41) is 5.39. The molecule has 0 saturated heterocycles.